The van der Waals surface area contributed by atoms with E-state index in [0.29, 0.717) is 18.7 Å². The average molecular weight is 324 g/mol. The maximum Gasteiger partial charge on any atom is 0.254 e. The van der Waals surface area contributed by atoms with Crippen LogP contribution in [0.25, 0.3) is 0 Å². The summed E-state index contributed by atoms with van der Waals surface area (Å²) in [5, 5.41) is 0. The molecule has 2 N–H and O–H groups in total. The van der Waals surface area contributed by atoms with Gasteiger partial charge in [0.25, 0.3) is 5.91 Å². The second-order valence-corrected chi connectivity index (χ2v) is 6.37. The number of hydrogen-bond acceptors (Lipinski definition) is 3. The fourth-order valence-corrected chi connectivity index (χ4v) is 3.34. The fourth-order valence-electron chi connectivity index (χ4n) is 3.34. The minimum atomic E-state index is -0.102. The summed E-state index contributed by atoms with van der Waals surface area (Å²) in [6, 6.07) is 17.7. The van der Waals surface area contributed by atoms with Crippen LogP contribution in [0, 0.1) is 0 Å². The van der Waals surface area contributed by atoms with E-state index in [2.05, 4.69) is 19.1 Å². The van der Waals surface area contributed by atoms with Crippen molar-refractivity contribution in [3.05, 3.63) is 71.3 Å². The number of amides is 1. The maximum atomic E-state index is 13.0. The third kappa shape index (κ3) is 3.21. The van der Waals surface area contributed by atoms with Crippen molar-refractivity contribution < 1.29 is 9.53 Å². The number of carbonyl (C=O) groups excluding carboxylic acids is 1. The van der Waals surface area contributed by atoms with Crippen LogP contribution in [0.1, 0.15) is 41.4 Å². The topological polar surface area (TPSA) is 55.6 Å². The van der Waals surface area contributed by atoms with Crippen molar-refractivity contribution in [1.82, 2.24) is 4.90 Å². The Hall–Kier alpha value is -2.17. The van der Waals surface area contributed by atoms with Crippen molar-refractivity contribution in [2.45, 2.75) is 38.6 Å². The Morgan fingerprint density at radius 3 is 2.42 bits per heavy atom. The number of benzene rings is 2. The Bertz CT molecular complexity index is 685. The van der Waals surface area contributed by atoms with Gasteiger partial charge in [-0.1, -0.05) is 42.5 Å². The van der Waals surface area contributed by atoms with Gasteiger partial charge in [-0.25, -0.2) is 0 Å². The van der Waals surface area contributed by atoms with Gasteiger partial charge in [0.1, 0.15) is 6.10 Å². The molecule has 0 aliphatic carbocycles. The molecular weight excluding hydrogens is 300 g/mol. The van der Waals surface area contributed by atoms with E-state index in [1.807, 2.05) is 54.3 Å². The Labute approximate surface area is 143 Å². The molecule has 0 unspecified atom stereocenters. The van der Waals surface area contributed by atoms with E-state index in [1.54, 1.807) is 0 Å². The van der Waals surface area contributed by atoms with E-state index < -0.39 is 0 Å². The Balaban J connectivity index is 1.85. The van der Waals surface area contributed by atoms with Gasteiger partial charge in [-0.3, -0.25) is 4.79 Å². The first-order chi connectivity index (χ1) is 11.6. The molecule has 3 rings (SSSR count). The molecule has 1 fully saturated rings. The van der Waals surface area contributed by atoms with E-state index in [-0.39, 0.29) is 24.1 Å². The number of carbonyl (C=O) groups is 1. The molecule has 4 nitrogen and oxygen atoms in total. The average Bonchev–Trinajstić information content (AvgIpc) is 2.62. The highest BCUT2D eigenvalue weighted by molar-refractivity contribution is 5.94. The molecule has 0 radical (unpaired) electrons. The highest BCUT2D eigenvalue weighted by Crippen LogP contribution is 2.31. The molecule has 1 aliphatic rings. The third-order valence-electron chi connectivity index (χ3n) is 4.67. The van der Waals surface area contributed by atoms with Gasteiger partial charge in [0.05, 0.1) is 18.7 Å². The van der Waals surface area contributed by atoms with E-state index in [9.17, 15) is 4.79 Å². The number of ether oxygens (including phenoxy) is 1. The largest absolute Gasteiger partial charge is 0.369 e. The number of hydrogen-bond donors (Lipinski definition) is 1. The molecule has 0 spiro atoms. The van der Waals surface area contributed by atoms with Crippen molar-refractivity contribution in [3.63, 3.8) is 0 Å². The van der Waals surface area contributed by atoms with Crippen LogP contribution in [0.5, 0.6) is 0 Å². The zero-order valence-corrected chi connectivity index (χ0v) is 14.2. The van der Waals surface area contributed by atoms with Crippen LogP contribution in [-0.2, 0) is 11.3 Å². The molecule has 0 saturated carbocycles. The second kappa shape index (κ2) is 7.16. The van der Waals surface area contributed by atoms with Crippen LogP contribution in [0.3, 0.4) is 0 Å². The van der Waals surface area contributed by atoms with Crippen LogP contribution in [-0.4, -0.2) is 29.5 Å². The van der Waals surface area contributed by atoms with E-state index in [4.69, 9.17) is 10.5 Å². The monoisotopic (exact) mass is 324 g/mol. The normalized spacial score (nSPS) is 24.0. The molecule has 3 atom stereocenters. The summed E-state index contributed by atoms with van der Waals surface area (Å²) in [5.74, 6) is 0.0443. The zero-order chi connectivity index (χ0) is 17.1. The smallest absolute Gasteiger partial charge is 0.254 e. The zero-order valence-electron chi connectivity index (χ0n) is 14.2. The first-order valence-corrected chi connectivity index (χ1v) is 8.40. The summed E-state index contributed by atoms with van der Waals surface area (Å²) in [6.07, 6.45) is -0.102. The second-order valence-electron chi connectivity index (χ2n) is 6.37. The molecular formula is C20H24N2O2. The van der Waals surface area contributed by atoms with Crippen molar-refractivity contribution >= 4 is 5.91 Å². The predicted molar refractivity (Wildman–Crippen MR) is 94.6 cm³/mol. The SMILES string of the molecule is C[C@@H]1CO[C@@H](c2ccccc2)[C@H](C)N1C(=O)c1ccc(CN)cc1. The van der Waals surface area contributed by atoms with Gasteiger partial charge in [-0.05, 0) is 37.1 Å². The van der Waals surface area contributed by atoms with Gasteiger partial charge in [-0.15, -0.1) is 0 Å². The number of morpholine rings is 1. The number of nitrogens with zero attached hydrogens (tertiary/aromatic N) is 1. The quantitative estimate of drug-likeness (QED) is 0.943. The molecule has 1 saturated heterocycles. The Kier molecular flexibility index (Phi) is 4.97. The molecule has 1 amide bonds. The molecule has 1 aliphatic heterocycles. The van der Waals surface area contributed by atoms with Crippen molar-refractivity contribution in [2.75, 3.05) is 6.61 Å². The summed E-state index contributed by atoms with van der Waals surface area (Å²) >= 11 is 0. The Morgan fingerprint density at radius 1 is 1.12 bits per heavy atom. The number of nitrogens with two attached hydrogens (primary N) is 1. The molecule has 126 valence electrons. The minimum absolute atomic E-state index is 0.0298. The van der Waals surface area contributed by atoms with Gasteiger partial charge in [0.15, 0.2) is 0 Å². The van der Waals surface area contributed by atoms with Crippen LogP contribution < -0.4 is 5.73 Å². The molecule has 2 aromatic carbocycles. The van der Waals surface area contributed by atoms with Gasteiger partial charge >= 0.3 is 0 Å². The van der Waals surface area contributed by atoms with Crippen LogP contribution in [0.2, 0.25) is 0 Å². The molecule has 0 aromatic heterocycles. The summed E-state index contributed by atoms with van der Waals surface area (Å²) in [7, 11) is 0. The van der Waals surface area contributed by atoms with E-state index >= 15 is 0 Å². The van der Waals surface area contributed by atoms with E-state index in [0.717, 1.165) is 11.1 Å². The van der Waals surface area contributed by atoms with Crippen LogP contribution >= 0.6 is 0 Å². The lowest BCUT2D eigenvalue weighted by Gasteiger charge is -2.44. The fraction of sp³-hybridized carbons (Fsp3) is 0.350. The highest BCUT2D eigenvalue weighted by atomic mass is 16.5. The van der Waals surface area contributed by atoms with Crippen LogP contribution in [0.15, 0.2) is 54.6 Å². The molecule has 2 aromatic rings. The van der Waals surface area contributed by atoms with Gasteiger partial charge in [0, 0.05) is 12.1 Å². The first kappa shape index (κ1) is 16.7. The minimum Gasteiger partial charge on any atom is -0.369 e. The summed E-state index contributed by atoms with van der Waals surface area (Å²) in [4.78, 5) is 15.0. The summed E-state index contributed by atoms with van der Waals surface area (Å²) < 4.78 is 6.03. The lowest BCUT2D eigenvalue weighted by atomic mass is 9.97. The molecule has 4 heteroatoms. The Morgan fingerprint density at radius 2 is 1.79 bits per heavy atom. The highest BCUT2D eigenvalue weighted by Gasteiger charge is 2.37. The standard InChI is InChI=1S/C20H24N2O2/c1-14-13-24-19(17-6-4-3-5-7-17)15(2)22(14)20(23)18-10-8-16(12-21)9-11-18/h3-11,14-15,19H,12-13,21H2,1-2H3/t14-,15+,19-/m1/s1. The first-order valence-electron chi connectivity index (χ1n) is 8.40. The summed E-state index contributed by atoms with van der Waals surface area (Å²) in [6.45, 7) is 5.11. The molecule has 1 heterocycles. The van der Waals surface area contributed by atoms with Gasteiger partial charge < -0.3 is 15.4 Å². The van der Waals surface area contributed by atoms with Gasteiger partial charge in [0.2, 0.25) is 0 Å². The van der Waals surface area contributed by atoms with Crippen molar-refractivity contribution in [1.29, 1.82) is 0 Å². The molecule has 0 bridgehead atoms. The lowest BCUT2D eigenvalue weighted by molar-refractivity contribution is -0.0806. The molecule has 24 heavy (non-hydrogen) atoms. The predicted octanol–water partition coefficient (Wildman–Crippen LogP) is 3.14. The van der Waals surface area contributed by atoms with Crippen molar-refractivity contribution in [2.24, 2.45) is 5.73 Å². The van der Waals surface area contributed by atoms with Gasteiger partial charge in [-0.2, -0.15) is 0 Å². The van der Waals surface area contributed by atoms with E-state index in [1.165, 1.54) is 0 Å². The van der Waals surface area contributed by atoms with Crippen LogP contribution in [0.4, 0.5) is 0 Å². The number of rotatable bonds is 3. The lowest BCUT2D eigenvalue weighted by Crippen LogP contribution is -2.53. The third-order valence-corrected chi connectivity index (χ3v) is 4.67. The summed E-state index contributed by atoms with van der Waals surface area (Å²) in [5.41, 5.74) is 8.46. The maximum absolute atomic E-state index is 13.0. The van der Waals surface area contributed by atoms with Crippen molar-refractivity contribution in [3.8, 4) is 0 Å².